The Morgan fingerprint density at radius 3 is 2.46 bits per heavy atom. The van der Waals surface area contributed by atoms with Gasteiger partial charge in [-0.05, 0) is 24.6 Å². The van der Waals surface area contributed by atoms with Gasteiger partial charge < -0.3 is 4.90 Å². The molecule has 0 radical (unpaired) electrons. The van der Waals surface area contributed by atoms with E-state index in [2.05, 4.69) is 65.4 Å². The summed E-state index contributed by atoms with van der Waals surface area (Å²) in [5, 5.41) is 0. The second-order valence-electron chi connectivity index (χ2n) is 6.91. The minimum Gasteiger partial charge on any atom is -0.304 e. The topological polar surface area (TPSA) is 18.8 Å². The van der Waals surface area contributed by atoms with Gasteiger partial charge in [-0.25, -0.2) is 0 Å². The minimum absolute atomic E-state index is 0.898. The molecule has 1 fully saturated rings. The van der Waals surface area contributed by atoms with Gasteiger partial charge in [-0.1, -0.05) is 48.5 Å². The first-order valence-electron chi connectivity index (χ1n) is 8.92. The molecule has 0 aliphatic carbocycles. The van der Waals surface area contributed by atoms with Gasteiger partial charge in [0.25, 0.3) is 0 Å². The van der Waals surface area contributed by atoms with E-state index in [-0.39, 0.29) is 0 Å². The van der Waals surface area contributed by atoms with Gasteiger partial charge in [0.05, 0.1) is 5.71 Å². The number of aliphatic imine (C=N–C) groups is 1. The Morgan fingerprint density at radius 2 is 1.67 bits per heavy atom. The summed E-state index contributed by atoms with van der Waals surface area (Å²) >= 11 is 0. The van der Waals surface area contributed by atoms with E-state index in [4.69, 9.17) is 4.99 Å². The van der Waals surface area contributed by atoms with Crippen molar-refractivity contribution in [1.82, 2.24) is 9.80 Å². The van der Waals surface area contributed by atoms with E-state index in [0.717, 1.165) is 25.2 Å². The number of likely N-dealkylation sites (N-methyl/N-ethyl adjacent to an activating group) is 1. The summed E-state index contributed by atoms with van der Waals surface area (Å²) in [6.45, 7) is 6.63. The minimum atomic E-state index is 0.898. The van der Waals surface area contributed by atoms with E-state index < -0.39 is 0 Å². The molecule has 124 valence electrons. The van der Waals surface area contributed by atoms with E-state index in [1.54, 1.807) is 0 Å². The summed E-state index contributed by atoms with van der Waals surface area (Å²) in [7, 11) is 2.20. The van der Waals surface area contributed by atoms with Crippen molar-refractivity contribution >= 4 is 5.71 Å². The number of benzene rings is 2. The van der Waals surface area contributed by atoms with E-state index >= 15 is 0 Å². The van der Waals surface area contributed by atoms with E-state index in [1.165, 1.54) is 48.4 Å². The van der Waals surface area contributed by atoms with Gasteiger partial charge >= 0.3 is 0 Å². The molecule has 0 atom stereocenters. The van der Waals surface area contributed by atoms with Gasteiger partial charge in [0.15, 0.2) is 0 Å². The normalized spacial score (nSPS) is 19.0. The summed E-state index contributed by atoms with van der Waals surface area (Å²) in [6, 6.07) is 17.7. The fourth-order valence-corrected chi connectivity index (χ4v) is 3.62. The van der Waals surface area contributed by atoms with Crippen LogP contribution in [-0.4, -0.2) is 55.3 Å². The van der Waals surface area contributed by atoms with Crippen molar-refractivity contribution in [2.24, 2.45) is 4.99 Å². The molecule has 0 amide bonds. The fraction of sp³-hybridized carbons (Fsp3) is 0.381. The van der Waals surface area contributed by atoms with Gasteiger partial charge in [0.2, 0.25) is 0 Å². The molecule has 4 rings (SSSR count). The molecule has 24 heavy (non-hydrogen) atoms. The third-order valence-corrected chi connectivity index (χ3v) is 5.15. The van der Waals surface area contributed by atoms with E-state index in [1.807, 2.05) is 0 Å². The summed E-state index contributed by atoms with van der Waals surface area (Å²) in [4.78, 5) is 9.74. The Hall–Kier alpha value is -1.97. The predicted octanol–water partition coefficient (Wildman–Crippen LogP) is 2.83. The Labute approximate surface area is 144 Å². The molecule has 0 spiro atoms. The quantitative estimate of drug-likeness (QED) is 0.866. The van der Waals surface area contributed by atoms with Crippen molar-refractivity contribution in [3.05, 3.63) is 70.8 Å². The molecule has 0 N–H and O–H groups in total. The second kappa shape index (κ2) is 6.88. The maximum Gasteiger partial charge on any atom is 0.0721 e. The highest BCUT2D eigenvalue weighted by atomic mass is 15.2. The second-order valence-corrected chi connectivity index (χ2v) is 6.91. The smallest absolute Gasteiger partial charge is 0.0721 e. The lowest BCUT2D eigenvalue weighted by molar-refractivity contribution is 0.148. The molecular weight excluding hydrogens is 294 g/mol. The number of fused-ring (bicyclic) bond motifs is 1. The van der Waals surface area contributed by atoms with Crippen LogP contribution in [0.4, 0.5) is 0 Å². The molecular formula is C21H25N3. The molecule has 0 aromatic heterocycles. The van der Waals surface area contributed by atoms with E-state index in [0.29, 0.717) is 0 Å². The maximum absolute atomic E-state index is 4.80. The molecule has 0 unspecified atom stereocenters. The fourth-order valence-electron chi connectivity index (χ4n) is 3.62. The number of nitrogens with zero attached hydrogens (tertiary/aromatic N) is 3. The first kappa shape index (κ1) is 15.6. The van der Waals surface area contributed by atoms with Crippen LogP contribution in [-0.2, 0) is 13.0 Å². The first-order chi connectivity index (χ1) is 11.8. The molecule has 2 aromatic carbocycles. The molecule has 1 saturated heterocycles. The Kier molecular flexibility index (Phi) is 4.46. The third-order valence-electron chi connectivity index (χ3n) is 5.15. The van der Waals surface area contributed by atoms with Crippen LogP contribution in [0.25, 0.3) is 0 Å². The number of rotatable bonds is 3. The third kappa shape index (κ3) is 3.28. The average molecular weight is 319 g/mol. The van der Waals surface area contributed by atoms with Crippen molar-refractivity contribution in [3.63, 3.8) is 0 Å². The average Bonchev–Trinajstić information content (AvgIpc) is 2.64. The Bertz CT molecular complexity index is 725. The summed E-state index contributed by atoms with van der Waals surface area (Å²) in [5.41, 5.74) is 6.51. The van der Waals surface area contributed by atoms with Gasteiger partial charge in [-0.2, -0.15) is 0 Å². The van der Waals surface area contributed by atoms with Crippen molar-refractivity contribution < 1.29 is 0 Å². The largest absolute Gasteiger partial charge is 0.304 e. The molecule has 2 aliphatic rings. The zero-order chi connectivity index (χ0) is 16.4. The maximum atomic E-state index is 4.80. The van der Waals surface area contributed by atoms with Crippen LogP contribution < -0.4 is 0 Å². The zero-order valence-electron chi connectivity index (χ0n) is 14.4. The monoisotopic (exact) mass is 319 g/mol. The van der Waals surface area contributed by atoms with E-state index in [9.17, 15) is 0 Å². The Balaban J connectivity index is 1.49. The highest BCUT2D eigenvalue weighted by Gasteiger charge is 2.16. The highest BCUT2D eigenvalue weighted by molar-refractivity contribution is 6.14. The SMILES string of the molecule is CN1CCN(Cc2ccc(C3=NCCc4ccccc43)cc2)CC1. The van der Waals surface area contributed by atoms with Gasteiger partial charge in [0, 0.05) is 50.4 Å². The molecule has 0 bridgehead atoms. The van der Waals surface area contributed by atoms with Crippen LogP contribution in [0.1, 0.15) is 22.3 Å². The van der Waals surface area contributed by atoms with Crippen LogP contribution in [0.15, 0.2) is 53.5 Å². The molecule has 2 heterocycles. The predicted molar refractivity (Wildman–Crippen MR) is 99.9 cm³/mol. The van der Waals surface area contributed by atoms with Gasteiger partial charge in [0.1, 0.15) is 0 Å². The molecule has 2 aliphatic heterocycles. The lowest BCUT2D eigenvalue weighted by Gasteiger charge is -2.32. The number of hydrogen-bond acceptors (Lipinski definition) is 3. The summed E-state index contributed by atoms with van der Waals surface area (Å²) in [6.07, 6.45) is 1.06. The molecule has 3 heteroatoms. The standard InChI is InChI=1S/C21H25N3/c1-23-12-14-24(15-13-23)16-17-6-8-19(9-7-17)21-20-5-3-2-4-18(20)10-11-22-21/h2-9H,10-16H2,1H3. The Morgan fingerprint density at radius 1 is 0.917 bits per heavy atom. The van der Waals surface area contributed by atoms with Crippen LogP contribution in [0.2, 0.25) is 0 Å². The lowest BCUT2D eigenvalue weighted by Crippen LogP contribution is -2.43. The first-order valence-corrected chi connectivity index (χ1v) is 8.92. The van der Waals surface area contributed by atoms with Crippen LogP contribution in [0.5, 0.6) is 0 Å². The summed E-state index contributed by atoms with van der Waals surface area (Å²) in [5.74, 6) is 0. The van der Waals surface area contributed by atoms with Crippen molar-refractivity contribution in [2.75, 3.05) is 39.8 Å². The van der Waals surface area contributed by atoms with Crippen molar-refractivity contribution in [2.45, 2.75) is 13.0 Å². The highest BCUT2D eigenvalue weighted by Crippen LogP contribution is 2.21. The molecule has 3 nitrogen and oxygen atoms in total. The van der Waals surface area contributed by atoms with Crippen molar-refractivity contribution in [3.8, 4) is 0 Å². The number of hydrogen-bond donors (Lipinski definition) is 0. The number of piperazine rings is 1. The summed E-state index contributed by atoms with van der Waals surface area (Å²) < 4.78 is 0. The van der Waals surface area contributed by atoms with Crippen LogP contribution in [0, 0.1) is 0 Å². The molecule has 0 saturated carbocycles. The van der Waals surface area contributed by atoms with Crippen molar-refractivity contribution in [1.29, 1.82) is 0 Å². The zero-order valence-corrected chi connectivity index (χ0v) is 14.4. The van der Waals surface area contributed by atoms with Gasteiger partial charge in [-0.15, -0.1) is 0 Å². The van der Waals surface area contributed by atoms with Gasteiger partial charge in [-0.3, -0.25) is 9.89 Å². The van der Waals surface area contributed by atoms with Crippen LogP contribution in [0.3, 0.4) is 0 Å². The molecule has 2 aromatic rings. The van der Waals surface area contributed by atoms with Crippen LogP contribution >= 0.6 is 0 Å². The lowest BCUT2D eigenvalue weighted by atomic mass is 9.93.